The number of aryl methyl sites for hydroxylation is 1. The van der Waals surface area contributed by atoms with Gasteiger partial charge in [0.05, 0.1) is 30.4 Å². The number of carboxylic acids is 1. The Hall–Kier alpha value is -4.25. The molecule has 0 aliphatic heterocycles. The molecule has 164 valence electrons. The molecule has 4 aromatic rings. The third-order valence-electron chi connectivity index (χ3n) is 5.55. The van der Waals surface area contributed by atoms with Gasteiger partial charge in [-0.25, -0.2) is 4.79 Å². The molecule has 0 fully saturated rings. The molecule has 5 heteroatoms. The van der Waals surface area contributed by atoms with Crippen LogP contribution in [0.15, 0.2) is 97.3 Å². The van der Waals surface area contributed by atoms with Gasteiger partial charge in [0.1, 0.15) is 0 Å². The first-order valence-corrected chi connectivity index (χ1v) is 10.7. The molecule has 0 radical (unpaired) electrons. The SMILES string of the molecule is Cc1ccccc1-c1cc(CN(C(=O)Cc2ccccc2)c2cccnc2)ccc1C(=O)O. The highest BCUT2D eigenvalue weighted by molar-refractivity contribution is 5.97. The smallest absolute Gasteiger partial charge is 0.336 e. The van der Waals surface area contributed by atoms with E-state index < -0.39 is 5.97 Å². The highest BCUT2D eigenvalue weighted by atomic mass is 16.4. The molecule has 0 aliphatic carbocycles. The van der Waals surface area contributed by atoms with Crippen LogP contribution in [0.3, 0.4) is 0 Å². The first-order valence-electron chi connectivity index (χ1n) is 10.7. The number of carbonyl (C=O) groups excluding carboxylic acids is 1. The molecular formula is C28H24N2O3. The highest BCUT2D eigenvalue weighted by Gasteiger charge is 2.19. The Bertz CT molecular complexity index is 1270. The van der Waals surface area contributed by atoms with Crippen LogP contribution in [0.2, 0.25) is 0 Å². The summed E-state index contributed by atoms with van der Waals surface area (Å²) in [4.78, 5) is 31.1. The first-order chi connectivity index (χ1) is 16.0. The fourth-order valence-corrected chi connectivity index (χ4v) is 3.86. The summed E-state index contributed by atoms with van der Waals surface area (Å²) in [7, 11) is 0. The molecule has 0 aliphatic rings. The summed E-state index contributed by atoms with van der Waals surface area (Å²) >= 11 is 0. The third kappa shape index (κ3) is 5.15. The van der Waals surface area contributed by atoms with Crippen molar-refractivity contribution < 1.29 is 14.7 Å². The monoisotopic (exact) mass is 436 g/mol. The Morgan fingerprint density at radius 2 is 1.61 bits per heavy atom. The van der Waals surface area contributed by atoms with Gasteiger partial charge in [-0.1, -0.05) is 60.7 Å². The van der Waals surface area contributed by atoms with Crippen LogP contribution in [0, 0.1) is 6.92 Å². The molecule has 0 spiro atoms. The predicted molar refractivity (Wildman–Crippen MR) is 129 cm³/mol. The summed E-state index contributed by atoms with van der Waals surface area (Å²) < 4.78 is 0. The van der Waals surface area contributed by atoms with Gasteiger partial charge >= 0.3 is 5.97 Å². The maximum atomic E-state index is 13.3. The van der Waals surface area contributed by atoms with E-state index >= 15 is 0 Å². The number of hydrogen-bond acceptors (Lipinski definition) is 3. The maximum Gasteiger partial charge on any atom is 0.336 e. The number of rotatable bonds is 7. The van der Waals surface area contributed by atoms with Crippen LogP contribution in [0.4, 0.5) is 5.69 Å². The van der Waals surface area contributed by atoms with E-state index in [0.717, 1.165) is 22.3 Å². The van der Waals surface area contributed by atoms with E-state index in [0.29, 0.717) is 17.8 Å². The van der Waals surface area contributed by atoms with Crippen LogP contribution in [-0.4, -0.2) is 22.0 Å². The topological polar surface area (TPSA) is 70.5 Å². The van der Waals surface area contributed by atoms with Crippen molar-refractivity contribution >= 4 is 17.6 Å². The quantitative estimate of drug-likeness (QED) is 0.413. The lowest BCUT2D eigenvalue weighted by molar-refractivity contribution is -0.118. The summed E-state index contributed by atoms with van der Waals surface area (Å²) in [5.41, 5.74) is 5.18. The van der Waals surface area contributed by atoms with Gasteiger partial charge in [0.25, 0.3) is 0 Å². The molecule has 4 rings (SSSR count). The maximum absolute atomic E-state index is 13.3. The number of anilines is 1. The second-order valence-corrected chi connectivity index (χ2v) is 7.85. The van der Waals surface area contributed by atoms with Crippen molar-refractivity contribution in [1.82, 2.24) is 4.98 Å². The average molecular weight is 437 g/mol. The van der Waals surface area contributed by atoms with Crippen molar-refractivity contribution in [3.05, 3.63) is 120 Å². The van der Waals surface area contributed by atoms with E-state index in [1.807, 2.05) is 73.7 Å². The number of benzene rings is 3. The molecular weight excluding hydrogens is 412 g/mol. The zero-order chi connectivity index (χ0) is 23.2. The van der Waals surface area contributed by atoms with Crippen LogP contribution < -0.4 is 4.90 Å². The fraction of sp³-hybridized carbons (Fsp3) is 0.107. The molecule has 0 saturated heterocycles. The summed E-state index contributed by atoms with van der Waals surface area (Å²) in [5.74, 6) is -1.04. The van der Waals surface area contributed by atoms with Crippen molar-refractivity contribution in [1.29, 1.82) is 0 Å². The van der Waals surface area contributed by atoms with Crippen LogP contribution in [0.1, 0.15) is 27.0 Å². The zero-order valence-electron chi connectivity index (χ0n) is 18.3. The van der Waals surface area contributed by atoms with Crippen LogP contribution in [0.5, 0.6) is 0 Å². The lowest BCUT2D eigenvalue weighted by Gasteiger charge is -2.23. The minimum atomic E-state index is -0.982. The first kappa shape index (κ1) is 22.0. The molecule has 1 amide bonds. The largest absolute Gasteiger partial charge is 0.478 e. The van der Waals surface area contributed by atoms with Crippen LogP contribution in [0.25, 0.3) is 11.1 Å². The summed E-state index contributed by atoms with van der Waals surface area (Å²) in [6, 6.07) is 26.2. The second kappa shape index (κ2) is 9.92. The van der Waals surface area contributed by atoms with Crippen molar-refractivity contribution in [3.8, 4) is 11.1 Å². The van der Waals surface area contributed by atoms with Gasteiger partial charge in [-0.2, -0.15) is 0 Å². The Morgan fingerprint density at radius 1 is 0.848 bits per heavy atom. The third-order valence-corrected chi connectivity index (χ3v) is 5.55. The summed E-state index contributed by atoms with van der Waals surface area (Å²) in [5, 5.41) is 9.75. The molecule has 3 aromatic carbocycles. The Balaban J connectivity index is 1.71. The van der Waals surface area contributed by atoms with Gasteiger partial charge in [-0.15, -0.1) is 0 Å². The van der Waals surface area contributed by atoms with Crippen LogP contribution in [-0.2, 0) is 17.8 Å². The standard InChI is InChI=1S/C28H24N2O3/c1-20-8-5-6-12-24(20)26-16-22(13-14-25(26)28(32)33)19-30(23-11-7-15-29-18-23)27(31)17-21-9-3-2-4-10-21/h2-16,18H,17,19H2,1H3,(H,32,33). The Morgan fingerprint density at radius 3 is 2.30 bits per heavy atom. The second-order valence-electron chi connectivity index (χ2n) is 7.85. The number of carbonyl (C=O) groups is 2. The Kier molecular flexibility index (Phi) is 6.60. The van der Waals surface area contributed by atoms with E-state index in [9.17, 15) is 14.7 Å². The fourth-order valence-electron chi connectivity index (χ4n) is 3.86. The molecule has 1 N–H and O–H groups in total. The summed E-state index contributed by atoms with van der Waals surface area (Å²) in [6.45, 7) is 2.26. The van der Waals surface area contributed by atoms with Crippen molar-refractivity contribution in [3.63, 3.8) is 0 Å². The van der Waals surface area contributed by atoms with E-state index in [4.69, 9.17) is 0 Å². The molecule has 1 aromatic heterocycles. The lowest BCUT2D eigenvalue weighted by Crippen LogP contribution is -2.32. The van der Waals surface area contributed by atoms with Crippen LogP contribution >= 0.6 is 0 Å². The number of amides is 1. The molecule has 0 saturated carbocycles. The van der Waals surface area contributed by atoms with Crippen molar-refractivity contribution in [2.24, 2.45) is 0 Å². The summed E-state index contributed by atoms with van der Waals surface area (Å²) in [6.07, 6.45) is 3.59. The van der Waals surface area contributed by atoms with E-state index in [1.165, 1.54) is 0 Å². The number of aromatic carboxylic acids is 1. The average Bonchev–Trinajstić information content (AvgIpc) is 2.83. The molecule has 5 nitrogen and oxygen atoms in total. The zero-order valence-corrected chi connectivity index (χ0v) is 18.3. The predicted octanol–water partition coefficient (Wildman–Crippen LogP) is 5.53. The van der Waals surface area contributed by atoms with Crippen molar-refractivity contribution in [2.45, 2.75) is 19.9 Å². The van der Waals surface area contributed by atoms with E-state index in [1.54, 1.807) is 35.5 Å². The van der Waals surface area contributed by atoms with Gasteiger partial charge in [-0.3, -0.25) is 9.78 Å². The van der Waals surface area contributed by atoms with E-state index in [-0.39, 0.29) is 17.9 Å². The molecule has 0 atom stereocenters. The normalized spacial score (nSPS) is 10.6. The van der Waals surface area contributed by atoms with Gasteiger partial charge in [0.2, 0.25) is 5.91 Å². The minimum Gasteiger partial charge on any atom is -0.478 e. The number of hydrogen-bond donors (Lipinski definition) is 1. The van der Waals surface area contributed by atoms with Gasteiger partial charge in [0, 0.05) is 6.20 Å². The minimum absolute atomic E-state index is 0.0612. The number of carboxylic acid groups (broad SMARTS) is 1. The highest BCUT2D eigenvalue weighted by Crippen LogP contribution is 2.29. The number of nitrogens with zero attached hydrogens (tertiary/aromatic N) is 2. The Labute approximate surface area is 193 Å². The van der Waals surface area contributed by atoms with Gasteiger partial charge in [0.15, 0.2) is 0 Å². The van der Waals surface area contributed by atoms with Gasteiger partial charge in [-0.05, 0) is 59.0 Å². The molecule has 0 bridgehead atoms. The molecule has 1 heterocycles. The van der Waals surface area contributed by atoms with Gasteiger partial charge < -0.3 is 10.0 Å². The molecule has 0 unspecified atom stereocenters. The number of aromatic nitrogens is 1. The van der Waals surface area contributed by atoms with Crippen molar-refractivity contribution in [2.75, 3.05) is 4.90 Å². The lowest BCUT2D eigenvalue weighted by atomic mass is 9.94. The molecule has 33 heavy (non-hydrogen) atoms. The van der Waals surface area contributed by atoms with E-state index in [2.05, 4.69) is 4.98 Å². The number of pyridine rings is 1.